The van der Waals surface area contributed by atoms with E-state index in [0.717, 1.165) is 16.4 Å². The van der Waals surface area contributed by atoms with E-state index in [2.05, 4.69) is 35.4 Å². The molecule has 0 aliphatic rings. The summed E-state index contributed by atoms with van der Waals surface area (Å²) < 4.78 is 40.8. The molecule has 0 saturated carbocycles. The van der Waals surface area contributed by atoms with Crippen LogP contribution in [-0.4, -0.2) is 17.6 Å². The Morgan fingerprint density at radius 1 is 1.05 bits per heavy atom. The van der Waals surface area contributed by atoms with Crippen molar-refractivity contribution in [2.24, 2.45) is 0 Å². The largest absolute Gasteiger partial charge is 0.673 e. The number of hydrogen-bond donors (Lipinski definition) is 0. The summed E-state index contributed by atoms with van der Waals surface area (Å²) in [5.74, 6) is 0. The Hall–Kier alpha value is -2.25. The van der Waals surface area contributed by atoms with Crippen molar-refractivity contribution in [1.29, 1.82) is 0 Å². The minimum atomic E-state index is -6.00. The average molecular weight is 283 g/mol. The van der Waals surface area contributed by atoms with Crippen molar-refractivity contribution in [2.45, 2.75) is 6.92 Å². The Morgan fingerprint density at radius 2 is 1.75 bits per heavy atom. The molecule has 20 heavy (non-hydrogen) atoms. The van der Waals surface area contributed by atoms with E-state index in [0.29, 0.717) is 0 Å². The Balaban J connectivity index is 0.000000257. The van der Waals surface area contributed by atoms with Crippen molar-refractivity contribution < 1.29 is 21.8 Å². The molecule has 3 nitrogen and oxygen atoms in total. The van der Waals surface area contributed by atoms with E-state index in [1.165, 1.54) is 5.56 Å². The number of rotatable bonds is 0. The third-order valence-electron chi connectivity index (χ3n) is 2.52. The molecule has 104 valence electrons. The Labute approximate surface area is 112 Å². The van der Waals surface area contributed by atoms with E-state index < -0.39 is 7.25 Å². The van der Waals surface area contributed by atoms with Crippen LogP contribution in [0.4, 0.5) is 17.3 Å². The number of fused-ring (bicyclic) bond motifs is 3. The molecule has 2 heterocycles. The molecule has 2 aromatic heterocycles. The summed E-state index contributed by atoms with van der Waals surface area (Å²) in [4.78, 5) is 0. The highest BCUT2D eigenvalue weighted by atomic mass is 19.5. The zero-order valence-electron chi connectivity index (χ0n) is 10.5. The van der Waals surface area contributed by atoms with Crippen molar-refractivity contribution in [1.82, 2.24) is 10.3 Å². The highest BCUT2D eigenvalue weighted by Crippen LogP contribution is 2.15. The molecule has 0 bridgehead atoms. The van der Waals surface area contributed by atoms with E-state index in [4.69, 9.17) is 0 Å². The molecule has 0 spiro atoms. The van der Waals surface area contributed by atoms with Crippen molar-refractivity contribution >= 4 is 23.7 Å². The fourth-order valence-corrected chi connectivity index (χ4v) is 1.76. The predicted octanol–water partition coefficient (Wildman–Crippen LogP) is 2.98. The van der Waals surface area contributed by atoms with Crippen LogP contribution in [0.5, 0.6) is 0 Å². The second kappa shape index (κ2) is 5.40. The van der Waals surface area contributed by atoms with Crippen molar-refractivity contribution in [3.63, 3.8) is 0 Å². The second-order valence-electron chi connectivity index (χ2n) is 4.14. The van der Waals surface area contributed by atoms with Crippen molar-refractivity contribution in [2.75, 3.05) is 0 Å². The fraction of sp³-hybridized carbons (Fsp3) is 0.0833. The lowest BCUT2D eigenvalue weighted by atomic mass is 10.1. The lowest BCUT2D eigenvalue weighted by molar-refractivity contribution is -0.586. The molecule has 0 saturated heterocycles. The number of benzene rings is 1. The molecular formula is C12H10BF4N3. The van der Waals surface area contributed by atoms with Gasteiger partial charge in [-0.05, 0) is 36.8 Å². The average Bonchev–Trinajstić information content (AvgIpc) is 2.36. The van der Waals surface area contributed by atoms with Gasteiger partial charge in [-0.1, -0.05) is 12.1 Å². The third kappa shape index (κ3) is 3.63. The first kappa shape index (κ1) is 14.2. The van der Waals surface area contributed by atoms with Gasteiger partial charge in [0.25, 0.3) is 0 Å². The second-order valence-corrected chi connectivity index (χ2v) is 4.14. The molecule has 1 aromatic carbocycles. The van der Waals surface area contributed by atoms with E-state index in [9.17, 15) is 17.3 Å². The van der Waals surface area contributed by atoms with Gasteiger partial charge in [-0.2, -0.15) is 0 Å². The van der Waals surface area contributed by atoms with Gasteiger partial charge in [-0.3, -0.25) is 0 Å². The Bertz CT molecular complexity index is 739. The Kier molecular flexibility index (Phi) is 3.83. The smallest absolute Gasteiger partial charge is 0.418 e. The lowest BCUT2D eigenvalue weighted by Gasteiger charge is -1.95. The molecule has 0 fully saturated rings. The molecule has 0 N–H and O–H groups in total. The molecule has 0 radical (unpaired) electrons. The van der Waals surface area contributed by atoms with Crippen LogP contribution in [-0.2, 0) is 0 Å². The fourth-order valence-electron chi connectivity index (χ4n) is 1.76. The van der Waals surface area contributed by atoms with Crippen LogP contribution >= 0.6 is 0 Å². The molecule has 0 unspecified atom stereocenters. The molecule has 0 amide bonds. The van der Waals surface area contributed by atoms with Gasteiger partial charge in [0.2, 0.25) is 5.52 Å². The topological polar surface area (TPSA) is 29.9 Å². The van der Waals surface area contributed by atoms with Crippen LogP contribution in [0.25, 0.3) is 16.4 Å². The summed E-state index contributed by atoms with van der Waals surface area (Å²) in [6, 6.07) is 12.2. The SMILES string of the molecule is Cc1ccc2c(c1)nn[n+]1ccccc21.F[B-](F)(F)F. The molecule has 8 heteroatoms. The highest BCUT2D eigenvalue weighted by molar-refractivity contribution is 6.50. The number of aromatic nitrogens is 3. The molecule has 0 atom stereocenters. The van der Waals surface area contributed by atoms with Crippen LogP contribution in [0.2, 0.25) is 0 Å². The van der Waals surface area contributed by atoms with E-state index in [-0.39, 0.29) is 0 Å². The third-order valence-corrected chi connectivity index (χ3v) is 2.52. The number of halogens is 4. The first-order valence-corrected chi connectivity index (χ1v) is 5.75. The zero-order valence-corrected chi connectivity index (χ0v) is 10.5. The summed E-state index contributed by atoms with van der Waals surface area (Å²) in [5, 5.41) is 9.44. The minimum absolute atomic E-state index is 0.946. The van der Waals surface area contributed by atoms with Gasteiger partial charge in [0, 0.05) is 0 Å². The lowest BCUT2D eigenvalue weighted by Crippen LogP contribution is -2.27. The number of pyridine rings is 1. The first-order valence-electron chi connectivity index (χ1n) is 5.75. The normalized spacial score (nSPS) is 11.2. The maximum absolute atomic E-state index is 9.75. The minimum Gasteiger partial charge on any atom is -0.418 e. The van der Waals surface area contributed by atoms with Crippen LogP contribution in [0.3, 0.4) is 0 Å². The van der Waals surface area contributed by atoms with Gasteiger partial charge in [0.15, 0.2) is 5.52 Å². The van der Waals surface area contributed by atoms with Gasteiger partial charge < -0.3 is 17.3 Å². The predicted molar refractivity (Wildman–Crippen MR) is 67.6 cm³/mol. The van der Waals surface area contributed by atoms with E-state index in [1.54, 1.807) is 4.52 Å². The molecule has 0 aliphatic carbocycles. The van der Waals surface area contributed by atoms with Crippen molar-refractivity contribution in [3.8, 4) is 0 Å². The summed E-state index contributed by atoms with van der Waals surface area (Å²) in [5.41, 5.74) is 3.24. The zero-order chi connectivity index (χ0) is 14.8. The summed E-state index contributed by atoms with van der Waals surface area (Å²) >= 11 is 0. The van der Waals surface area contributed by atoms with Crippen molar-refractivity contribution in [3.05, 3.63) is 48.2 Å². The molecular weight excluding hydrogens is 273 g/mol. The summed E-state index contributed by atoms with van der Waals surface area (Å²) in [6.07, 6.45) is 1.90. The molecule has 3 rings (SSSR count). The molecule has 0 aliphatic heterocycles. The van der Waals surface area contributed by atoms with Crippen LogP contribution in [0.15, 0.2) is 42.6 Å². The monoisotopic (exact) mass is 283 g/mol. The highest BCUT2D eigenvalue weighted by Gasteiger charge is 2.20. The van der Waals surface area contributed by atoms with E-state index in [1.807, 2.05) is 24.4 Å². The van der Waals surface area contributed by atoms with Crippen LogP contribution in [0, 0.1) is 6.92 Å². The Morgan fingerprint density at radius 3 is 2.45 bits per heavy atom. The first-order chi connectivity index (χ1) is 9.34. The van der Waals surface area contributed by atoms with Gasteiger partial charge in [0.05, 0.1) is 10.5 Å². The van der Waals surface area contributed by atoms with E-state index >= 15 is 0 Å². The molecule has 3 aromatic rings. The number of nitrogens with zero attached hydrogens (tertiary/aromatic N) is 3. The maximum atomic E-state index is 9.75. The van der Waals surface area contributed by atoms with Gasteiger partial charge in [-0.15, -0.1) is 4.52 Å². The van der Waals surface area contributed by atoms with Gasteiger partial charge >= 0.3 is 7.25 Å². The van der Waals surface area contributed by atoms with Gasteiger partial charge in [0.1, 0.15) is 11.4 Å². The standard InChI is InChI=1S/C12H10N3.BF4/c1-9-5-6-10-11(8-9)13-14-15-7-3-2-4-12(10)15;2-1(3,4)5/h2-8H,1H3;/q+1;-1. The number of hydrogen-bond acceptors (Lipinski definition) is 2. The van der Waals surface area contributed by atoms with Crippen LogP contribution < -0.4 is 4.52 Å². The summed E-state index contributed by atoms with van der Waals surface area (Å²) in [6.45, 7) is 2.06. The quantitative estimate of drug-likeness (QED) is 0.275. The van der Waals surface area contributed by atoms with Gasteiger partial charge in [-0.25, -0.2) is 0 Å². The number of aryl methyl sites for hydroxylation is 1. The summed E-state index contributed by atoms with van der Waals surface area (Å²) in [7, 11) is -6.00. The maximum Gasteiger partial charge on any atom is 0.673 e. The van der Waals surface area contributed by atoms with Crippen LogP contribution in [0.1, 0.15) is 5.56 Å².